The molecule has 0 N–H and O–H groups in total. The van der Waals surface area contributed by atoms with Gasteiger partial charge in [0.25, 0.3) is 0 Å². The molecule has 1 rings (SSSR count). The van der Waals surface area contributed by atoms with Crippen LogP contribution in [0.2, 0.25) is 0 Å². The van der Waals surface area contributed by atoms with Crippen molar-refractivity contribution >= 4 is 0 Å². The van der Waals surface area contributed by atoms with Gasteiger partial charge in [-0.25, -0.2) is 4.68 Å². The lowest BCUT2D eigenvalue weighted by Gasteiger charge is -2.04. The number of aromatic nitrogens is 3. The van der Waals surface area contributed by atoms with Crippen LogP contribution < -0.4 is 0 Å². The number of nitrogens with zero attached hydrogens (tertiary/aromatic N) is 4. The van der Waals surface area contributed by atoms with E-state index in [-0.39, 0.29) is 0 Å². The molecule has 0 aliphatic carbocycles. The van der Waals surface area contributed by atoms with E-state index in [1.165, 1.54) is 6.07 Å². The van der Waals surface area contributed by atoms with E-state index < -0.39 is 17.6 Å². The van der Waals surface area contributed by atoms with Crippen molar-refractivity contribution in [3.05, 3.63) is 11.4 Å². The number of nitriles is 1. The molecular weight excluding hydrogens is 173 g/mol. The van der Waals surface area contributed by atoms with E-state index >= 15 is 0 Å². The van der Waals surface area contributed by atoms with Gasteiger partial charge in [-0.3, -0.25) is 0 Å². The topological polar surface area (TPSA) is 54.5 Å². The fourth-order valence-corrected chi connectivity index (χ4v) is 0.750. The Kier molecular flexibility index (Phi) is 1.76. The van der Waals surface area contributed by atoms with Crippen molar-refractivity contribution in [2.45, 2.75) is 6.18 Å². The van der Waals surface area contributed by atoms with Crippen molar-refractivity contribution in [2.75, 3.05) is 0 Å². The van der Waals surface area contributed by atoms with Gasteiger partial charge in [-0.15, -0.1) is 5.10 Å². The van der Waals surface area contributed by atoms with Crippen molar-refractivity contribution in [2.24, 2.45) is 7.05 Å². The summed E-state index contributed by atoms with van der Waals surface area (Å²) in [6.07, 6.45) is -4.58. The van der Waals surface area contributed by atoms with E-state index in [1.807, 2.05) is 0 Å². The highest BCUT2D eigenvalue weighted by Crippen LogP contribution is 2.29. The molecule has 0 aromatic carbocycles. The maximum atomic E-state index is 12.1. The van der Waals surface area contributed by atoms with Gasteiger partial charge in [0, 0.05) is 7.05 Å². The fourth-order valence-electron chi connectivity index (χ4n) is 0.750. The van der Waals surface area contributed by atoms with Crippen molar-refractivity contribution in [3.63, 3.8) is 0 Å². The number of alkyl halides is 3. The van der Waals surface area contributed by atoms with Crippen LogP contribution in [-0.2, 0) is 13.2 Å². The first-order valence-corrected chi connectivity index (χ1v) is 2.83. The summed E-state index contributed by atoms with van der Waals surface area (Å²) >= 11 is 0. The summed E-state index contributed by atoms with van der Waals surface area (Å²) in [5.74, 6) is 0. The van der Waals surface area contributed by atoms with Crippen molar-refractivity contribution in [1.82, 2.24) is 15.0 Å². The summed E-state index contributed by atoms with van der Waals surface area (Å²) in [4.78, 5) is 0. The largest absolute Gasteiger partial charge is 0.436 e. The molecule has 0 amide bonds. The molecule has 1 heterocycles. The Balaban J connectivity index is 3.32. The molecule has 0 saturated carbocycles. The van der Waals surface area contributed by atoms with E-state index in [0.29, 0.717) is 4.68 Å². The van der Waals surface area contributed by atoms with Gasteiger partial charge in [0.2, 0.25) is 0 Å². The molecule has 0 saturated heterocycles. The normalized spacial score (nSPS) is 11.2. The molecule has 0 aliphatic rings. The molecule has 64 valence electrons. The van der Waals surface area contributed by atoms with E-state index in [0.717, 1.165) is 7.05 Å². The van der Waals surface area contributed by atoms with Crippen LogP contribution in [0.3, 0.4) is 0 Å². The molecular formula is C5H3F3N4. The van der Waals surface area contributed by atoms with Crippen LogP contribution in [0.25, 0.3) is 0 Å². The van der Waals surface area contributed by atoms with E-state index in [2.05, 4.69) is 10.3 Å². The maximum Gasteiger partial charge on any atom is 0.436 e. The Hall–Kier alpha value is -1.58. The predicted octanol–water partition coefficient (Wildman–Crippen LogP) is 0.706. The zero-order valence-corrected chi connectivity index (χ0v) is 5.92. The third kappa shape index (κ3) is 1.23. The second kappa shape index (κ2) is 2.48. The highest BCUT2D eigenvalue weighted by atomic mass is 19.4. The van der Waals surface area contributed by atoms with Crippen LogP contribution in [0, 0.1) is 11.3 Å². The second-order valence-corrected chi connectivity index (χ2v) is 2.02. The van der Waals surface area contributed by atoms with Crippen molar-refractivity contribution < 1.29 is 13.2 Å². The Labute approximate surface area is 65.2 Å². The summed E-state index contributed by atoms with van der Waals surface area (Å²) in [7, 11) is 1.08. The Morgan fingerprint density at radius 3 is 2.42 bits per heavy atom. The van der Waals surface area contributed by atoms with Gasteiger partial charge in [0.05, 0.1) is 0 Å². The van der Waals surface area contributed by atoms with Crippen molar-refractivity contribution in [3.8, 4) is 6.07 Å². The SMILES string of the molecule is Cn1nnc(C#N)c1C(F)(F)F. The number of halogens is 3. The minimum atomic E-state index is -4.58. The van der Waals surface area contributed by atoms with Crippen LogP contribution in [0.4, 0.5) is 13.2 Å². The Bertz CT molecular complexity index is 331. The van der Waals surface area contributed by atoms with Gasteiger partial charge in [0.1, 0.15) is 6.07 Å². The van der Waals surface area contributed by atoms with Gasteiger partial charge >= 0.3 is 6.18 Å². The summed E-state index contributed by atoms with van der Waals surface area (Å²) in [6.45, 7) is 0. The first-order chi connectivity index (χ1) is 5.46. The minimum absolute atomic E-state index is 0.526. The van der Waals surface area contributed by atoms with Gasteiger partial charge in [-0.05, 0) is 0 Å². The van der Waals surface area contributed by atoms with Crippen LogP contribution >= 0.6 is 0 Å². The molecule has 0 fully saturated rings. The molecule has 0 radical (unpaired) electrons. The zero-order chi connectivity index (χ0) is 9.35. The lowest BCUT2D eigenvalue weighted by atomic mass is 10.3. The Morgan fingerprint density at radius 1 is 1.50 bits per heavy atom. The zero-order valence-electron chi connectivity index (χ0n) is 5.92. The minimum Gasteiger partial charge on any atom is -0.242 e. The summed E-state index contributed by atoms with van der Waals surface area (Å²) in [5.41, 5.74) is -1.82. The number of hydrogen-bond donors (Lipinski definition) is 0. The molecule has 0 aliphatic heterocycles. The monoisotopic (exact) mass is 176 g/mol. The third-order valence-corrected chi connectivity index (χ3v) is 1.20. The summed E-state index contributed by atoms with van der Waals surface area (Å²) in [6, 6.07) is 1.31. The lowest BCUT2D eigenvalue weighted by Crippen LogP contribution is -2.13. The smallest absolute Gasteiger partial charge is 0.242 e. The highest BCUT2D eigenvalue weighted by molar-refractivity contribution is 5.26. The Morgan fingerprint density at radius 2 is 2.08 bits per heavy atom. The molecule has 0 atom stereocenters. The van der Waals surface area contributed by atoms with Crippen molar-refractivity contribution in [1.29, 1.82) is 5.26 Å². The number of aryl methyl sites for hydroxylation is 1. The molecule has 1 aromatic rings. The molecule has 0 bridgehead atoms. The predicted molar refractivity (Wildman–Crippen MR) is 30.7 cm³/mol. The third-order valence-electron chi connectivity index (χ3n) is 1.20. The average Bonchev–Trinajstić information content (AvgIpc) is 2.29. The summed E-state index contributed by atoms with van der Waals surface area (Å²) in [5, 5.41) is 14.3. The van der Waals surface area contributed by atoms with Crippen LogP contribution in [0.5, 0.6) is 0 Å². The molecule has 0 unspecified atom stereocenters. The van der Waals surface area contributed by atoms with Gasteiger partial charge in [-0.1, -0.05) is 5.21 Å². The molecule has 0 spiro atoms. The first kappa shape index (κ1) is 8.52. The molecule has 4 nitrogen and oxygen atoms in total. The van der Waals surface area contributed by atoms with Gasteiger partial charge in [-0.2, -0.15) is 18.4 Å². The van der Waals surface area contributed by atoms with Crippen LogP contribution in [0.1, 0.15) is 11.4 Å². The lowest BCUT2D eigenvalue weighted by molar-refractivity contribution is -0.143. The van der Waals surface area contributed by atoms with Crippen LogP contribution in [0.15, 0.2) is 0 Å². The van der Waals surface area contributed by atoms with Gasteiger partial charge in [0.15, 0.2) is 11.4 Å². The standard InChI is InChI=1S/C5H3F3N4/c1-12-4(5(6,7)8)3(2-9)10-11-12/h1H3. The second-order valence-electron chi connectivity index (χ2n) is 2.02. The maximum absolute atomic E-state index is 12.1. The number of rotatable bonds is 0. The fraction of sp³-hybridized carbons (Fsp3) is 0.400. The summed E-state index contributed by atoms with van der Waals surface area (Å²) < 4.78 is 36.8. The van der Waals surface area contributed by atoms with E-state index in [4.69, 9.17) is 5.26 Å². The van der Waals surface area contributed by atoms with E-state index in [1.54, 1.807) is 0 Å². The van der Waals surface area contributed by atoms with E-state index in [9.17, 15) is 13.2 Å². The molecule has 7 heteroatoms. The number of hydrogen-bond acceptors (Lipinski definition) is 3. The molecule has 12 heavy (non-hydrogen) atoms. The quantitative estimate of drug-likeness (QED) is 0.584. The van der Waals surface area contributed by atoms with Gasteiger partial charge < -0.3 is 0 Å². The first-order valence-electron chi connectivity index (χ1n) is 2.83. The molecule has 1 aromatic heterocycles. The average molecular weight is 176 g/mol. The van der Waals surface area contributed by atoms with Crippen LogP contribution in [-0.4, -0.2) is 15.0 Å². The highest BCUT2D eigenvalue weighted by Gasteiger charge is 2.38.